The lowest BCUT2D eigenvalue weighted by molar-refractivity contribution is 0.0577. The van der Waals surface area contributed by atoms with Crippen LogP contribution in [0.1, 0.15) is 23.3 Å². The third-order valence-electron chi connectivity index (χ3n) is 4.44. The molecule has 1 aliphatic heterocycles. The molecule has 136 valence electrons. The Morgan fingerprint density at radius 2 is 2.04 bits per heavy atom. The Hall–Kier alpha value is -1.42. The lowest BCUT2D eigenvalue weighted by atomic mass is 9.80. The lowest BCUT2D eigenvalue weighted by Crippen LogP contribution is -2.47. The molecule has 0 aliphatic carbocycles. The maximum Gasteiger partial charge on any atom is 0.354 e. The largest absolute Gasteiger partial charge is 0.464 e. The molecule has 0 radical (unpaired) electrons. The molecular weight excluding hydrogens is 334 g/mol. The molecule has 0 amide bonds. The highest BCUT2D eigenvalue weighted by atomic mass is 32.2. The number of hydrogen-bond donors (Lipinski definition) is 2. The van der Waals surface area contributed by atoms with E-state index in [1.165, 1.54) is 23.9 Å². The SMILES string of the molecule is COCC1(CNS(=O)(=O)c2cc(C(=O)OC)n(C)c2)CCNCC1. The van der Waals surface area contributed by atoms with E-state index in [1.54, 1.807) is 14.2 Å². The number of sulfonamides is 1. The Labute approximate surface area is 142 Å². The number of esters is 1. The molecule has 1 aromatic heterocycles. The molecule has 9 heteroatoms. The molecule has 2 rings (SSSR count). The fourth-order valence-electron chi connectivity index (χ4n) is 2.96. The summed E-state index contributed by atoms with van der Waals surface area (Å²) in [6.07, 6.45) is 3.08. The molecule has 1 aromatic rings. The topological polar surface area (TPSA) is 98.7 Å². The van der Waals surface area contributed by atoms with Crippen molar-refractivity contribution in [2.24, 2.45) is 12.5 Å². The second-order valence-electron chi connectivity index (χ2n) is 6.17. The second kappa shape index (κ2) is 7.64. The van der Waals surface area contributed by atoms with Gasteiger partial charge in [0.05, 0.1) is 13.7 Å². The minimum atomic E-state index is -3.71. The van der Waals surface area contributed by atoms with Gasteiger partial charge in [-0.15, -0.1) is 0 Å². The summed E-state index contributed by atoms with van der Waals surface area (Å²) in [5.41, 5.74) is -0.0288. The van der Waals surface area contributed by atoms with Crippen LogP contribution in [0.15, 0.2) is 17.2 Å². The smallest absolute Gasteiger partial charge is 0.354 e. The zero-order valence-corrected chi connectivity index (χ0v) is 15.1. The average molecular weight is 359 g/mol. The van der Waals surface area contributed by atoms with Gasteiger partial charge in [0.25, 0.3) is 0 Å². The van der Waals surface area contributed by atoms with Crippen molar-refractivity contribution in [2.45, 2.75) is 17.7 Å². The molecule has 0 atom stereocenters. The van der Waals surface area contributed by atoms with Crippen molar-refractivity contribution in [3.63, 3.8) is 0 Å². The van der Waals surface area contributed by atoms with Gasteiger partial charge in [0, 0.05) is 32.3 Å². The molecule has 1 saturated heterocycles. The molecule has 0 saturated carbocycles. The van der Waals surface area contributed by atoms with Crippen molar-refractivity contribution < 1.29 is 22.7 Å². The van der Waals surface area contributed by atoms with Crippen LogP contribution >= 0.6 is 0 Å². The van der Waals surface area contributed by atoms with E-state index < -0.39 is 16.0 Å². The number of hydrogen-bond acceptors (Lipinski definition) is 6. The first-order valence-corrected chi connectivity index (χ1v) is 9.26. The van der Waals surface area contributed by atoms with Crippen LogP contribution in [0.2, 0.25) is 0 Å². The molecule has 1 fully saturated rings. The van der Waals surface area contributed by atoms with E-state index in [2.05, 4.69) is 14.8 Å². The Balaban J connectivity index is 2.14. The fourth-order valence-corrected chi connectivity index (χ4v) is 4.18. The van der Waals surface area contributed by atoms with E-state index in [9.17, 15) is 13.2 Å². The Morgan fingerprint density at radius 3 is 2.62 bits per heavy atom. The summed E-state index contributed by atoms with van der Waals surface area (Å²) in [6, 6.07) is 1.32. The van der Waals surface area contributed by atoms with Gasteiger partial charge in [-0.25, -0.2) is 17.9 Å². The molecule has 8 nitrogen and oxygen atoms in total. The van der Waals surface area contributed by atoms with E-state index >= 15 is 0 Å². The van der Waals surface area contributed by atoms with Crippen LogP contribution in [-0.2, 0) is 26.5 Å². The van der Waals surface area contributed by atoms with Gasteiger partial charge in [-0.1, -0.05) is 0 Å². The van der Waals surface area contributed by atoms with Gasteiger partial charge in [0.2, 0.25) is 10.0 Å². The third kappa shape index (κ3) is 4.15. The first-order chi connectivity index (χ1) is 11.3. The number of carbonyl (C=O) groups excluding carboxylic acids is 1. The maximum atomic E-state index is 12.6. The number of aryl methyl sites for hydroxylation is 1. The summed E-state index contributed by atoms with van der Waals surface area (Å²) in [5.74, 6) is -0.576. The van der Waals surface area contributed by atoms with Crippen LogP contribution in [0.4, 0.5) is 0 Å². The van der Waals surface area contributed by atoms with Crippen molar-refractivity contribution >= 4 is 16.0 Å². The Morgan fingerprint density at radius 1 is 1.38 bits per heavy atom. The standard InChI is InChI=1S/C15H25N3O5S/c1-18-9-12(8-13(18)14(19)23-3)24(20,21)17-10-15(11-22-2)4-6-16-7-5-15/h8-9,16-17H,4-7,10-11H2,1-3H3. The minimum Gasteiger partial charge on any atom is -0.464 e. The van der Waals surface area contributed by atoms with Gasteiger partial charge in [0.15, 0.2) is 0 Å². The molecule has 0 spiro atoms. The second-order valence-corrected chi connectivity index (χ2v) is 7.94. The van der Waals surface area contributed by atoms with Crippen LogP contribution in [0.5, 0.6) is 0 Å². The van der Waals surface area contributed by atoms with Crippen molar-refractivity contribution in [3.8, 4) is 0 Å². The van der Waals surface area contributed by atoms with Crippen LogP contribution in [0.3, 0.4) is 0 Å². The molecule has 1 aliphatic rings. The zero-order valence-electron chi connectivity index (χ0n) is 14.3. The number of piperidine rings is 1. The highest BCUT2D eigenvalue weighted by Crippen LogP contribution is 2.29. The summed E-state index contributed by atoms with van der Waals surface area (Å²) in [5, 5.41) is 3.27. The fraction of sp³-hybridized carbons (Fsp3) is 0.667. The van der Waals surface area contributed by atoms with Crippen molar-refractivity contribution in [2.75, 3.05) is 40.5 Å². The molecule has 0 unspecified atom stereocenters. The third-order valence-corrected chi connectivity index (χ3v) is 5.80. The molecule has 2 N–H and O–H groups in total. The normalized spacial score (nSPS) is 17.6. The number of methoxy groups -OCH3 is 2. The number of rotatable bonds is 7. The van der Waals surface area contributed by atoms with Gasteiger partial charge in [-0.05, 0) is 32.0 Å². The van der Waals surface area contributed by atoms with Gasteiger partial charge in [0.1, 0.15) is 10.6 Å². The lowest BCUT2D eigenvalue weighted by Gasteiger charge is -2.37. The Kier molecular flexibility index (Phi) is 6.02. The number of nitrogens with zero attached hydrogens (tertiary/aromatic N) is 1. The first-order valence-electron chi connectivity index (χ1n) is 7.77. The zero-order chi connectivity index (χ0) is 17.8. The molecular formula is C15H25N3O5S. The summed E-state index contributed by atoms with van der Waals surface area (Å²) in [7, 11) is 0.768. The van der Waals surface area contributed by atoms with E-state index in [0.717, 1.165) is 25.9 Å². The van der Waals surface area contributed by atoms with Crippen LogP contribution in [-0.4, -0.2) is 59.4 Å². The molecule has 2 heterocycles. The highest BCUT2D eigenvalue weighted by molar-refractivity contribution is 7.89. The van der Waals surface area contributed by atoms with Crippen LogP contribution < -0.4 is 10.0 Å². The van der Waals surface area contributed by atoms with E-state index in [4.69, 9.17) is 4.74 Å². The monoisotopic (exact) mass is 359 g/mol. The van der Waals surface area contributed by atoms with Gasteiger partial charge in [-0.2, -0.15) is 0 Å². The number of nitrogens with one attached hydrogen (secondary N) is 2. The molecule has 24 heavy (non-hydrogen) atoms. The van der Waals surface area contributed by atoms with Crippen molar-refractivity contribution in [1.29, 1.82) is 0 Å². The van der Waals surface area contributed by atoms with Gasteiger partial charge >= 0.3 is 5.97 Å². The highest BCUT2D eigenvalue weighted by Gasteiger charge is 2.34. The summed E-state index contributed by atoms with van der Waals surface area (Å²) >= 11 is 0. The average Bonchev–Trinajstić information content (AvgIpc) is 2.96. The van der Waals surface area contributed by atoms with E-state index in [1.807, 2.05) is 0 Å². The maximum absolute atomic E-state index is 12.6. The number of ether oxygens (including phenoxy) is 2. The summed E-state index contributed by atoms with van der Waals surface area (Å²) < 4.78 is 39.2. The number of carbonyl (C=O) groups is 1. The number of aromatic nitrogens is 1. The molecule has 0 aromatic carbocycles. The quantitative estimate of drug-likeness (QED) is 0.671. The predicted molar refractivity (Wildman–Crippen MR) is 88.4 cm³/mol. The van der Waals surface area contributed by atoms with Crippen LogP contribution in [0.25, 0.3) is 0 Å². The van der Waals surface area contributed by atoms with Gasteiger partial charge < -0.3 is 19.4 Å². The first kappa shape index (κ1) is 18.9. The van der Waals surface area contributed by atoms with E-state index in [-0.39, 0.29) is 16.0 Å². The van der Waals surface area contributed by atoms with Crippen molar-refractivity contribution in [3.05, 3.63) is 18.0 Å². The van der Waals surface area contributed by atoms with E-state index in [0.29, 0.717) is 13.2 Å². The Bertz CT molecular complexity index is 672. The minimum absolute atomic E-state index is 0.0481. The summed E-state index contributed by atoms with van der Waals surface area (Å²) in [4.78, 5) is 11.7. The predicted octanol–water partition coefficient (Wildman–Crippen LogP) is 0.106. The summed E-state index contributed by atoms with van der Waals surface area (Å²) in [6.45, 7) is 2.47. The van der Waals surface area contributed by atoms with Crippen LogP contribution in [0, 0.1) is 5.41 Å². The van der Waals surface area contributed by atoms with Gasteiger partial charge in [-0.3, -0.25) is 0 Å². The molecule has 0 bridgehead atoms. The van der Waals surface area contributed by atoms with Crippen molar-refractivity contribution in [1.82, 2.24) is 14.6 Å².